The molecule has 0 radical (unpaired) electrons. The van der Waals surface area contributed by atoms with E-state index >= 15 is 0 Å². The highest BCUT2D eigenvalue weighted by Crippen LogP contribution is 2.43. The van der Waals surface area contributed by atoms with Crippen molar-refractivity contribution in [2.75, 3.05) is 13.1 Å². The van der Waals surface area contributed by atoms with E-state index < -0.39 is 0 Å². The summed E-state index contributed by atoms with van der Waals surface area (Å²) in [5.41, 5.74) is 3.20. The Morgan fingerprint density at radius 2 is 1.96 bits per heavy atom. The summed E-state index contributed by atoms with van der Waals surface area (Å²) < 4.78 is 6.07. The molecule has 1 saturated heterocycles. The maximum Gasteiger partial charge on any atom is 0.232 e. The summed E-state index contributed by atoms with van der Waals surface area (Å²) >= 11 is 1.59. The number of rotatable bonds is 3. The summed E-state index contributed by atoms with van der Waals surface area (Å²) in [6.07, 6.45) is 3.06. The molecule has 5 heteroatoms. The molecule has 1 aromatic heterocycles. The first-order valence-electron chi connectivity index (χ1n) is 9.89. The van der Waals surface area contributed by atoms with Crippen LogP contribution in [0.1, 0.15) is 52.2 Å². The van der Waals surface area contributed by atoms with Crippen LogP contribution in [0.3, 0.4) is 0 Å². The highest BCUT2D eigenvalue weighted by Gasteiger charge is 2.34. The average molecular weight is 398 g/mol. The molecule has 1 fully saturated rings. The number of phenolic OH excluding ortho intramolecular Hbond substituents is 1. The number of piperidine rings is 1. The second kappa shape index (κ2) is 7.37. The van der Waals surface area contributed by atoms with Gasteiger partial charge in [-0.15, -0.1) is 11.3 Å². The molecule has 0 spiro atoms. The van der Waals surface area contributed by atoms with Crippen LogP contribution in [0.2, 0.25) is 0 Å². The lowest BCUT2D eigenvalue weighted by molar-refractivity contribution is 0.101. The number of carbonyl (C=O) groups is 1. The zero-order valence-corrected chi connectivity index (χ0v) is 17.7. The highest BCUT2D eigenvalue weighted by molar-refractivity contribution is 7.11. The maximum absolute atomic E-state index is 13.0. The van der Waals surface area contributed by atoms with Crippen molar-refractivity contribution in [2.45, 2.75) is 40.7 Å². The van der Waals surface area contributed by atoms with Crippen molar-refractivity contribution in [3.05, 3.63) is 50.4 Å². The van der Waals surface area contributed by atoms with Crippen LogP contribution < -0.4 is 4.74 Å². The standard InChI is InChI=1S/C23H27NO3S/c1-13-7-14(2)11-24(10-13)12-17-18(25)8-16(4)21-22(26)19(27-23(17)21)9-20-15(3)5-6-28-20/h5-6,8-9,13-14,25H,7,10-12H2,1-4H3/b19-9+. The smallest absolute Gasteiger partial charge is 0.232 e. The molecule has 148 valence electrons. The number of fused-ring (bicyclic) bond motifs is 1. The molecule has 4 rings (SSSR count). The van der Waals surface area contributed by atoms with Gasteiger partial charge in [-0.1, -0.05) is 13.8 Å². The van der Waals surface area contributed by atoms with Gasteiger partial charge >= 0.3 is 0 Å². The number of benzene rings is 1. The van der Waals surface area contributed by atoms with Crippen LogP contribution in [0.4, 0.5) is 0 Å². The zero-order valence-electron chi connectivity index (χ0n) is 16.9. The third kappa shape index (κ3) is 3.49. The summed E-state index contributed by atoms with van der Waals surface area (Å²) in [5, 5.41) is 12.7. The second-order valence-electron chi connectivity index (χ2n) is 8.44. The summed E-state index contributed by atoms with van der Waals surface area (Å²) in [5.74, 6) is 2.25. The third-order valence-electron chi connectivity index (χ3n) is 5.71. The van der Waals surface area contributed by atoms with Crippen molar-refractivity contribution >= 4 is 23.2 Å². The van der Waals surface area contributed by atoms with E-state index in [9.17, 15) is 9.90 Å². The van der Waals surface area contributed by atoms with Gasteiger partial charge in [0.25, 0.3) is 0 Å². The fourth-order valence-electron chi connectivity index (χ4n) is 4.53. The molecule has 2 aromatic rings. The molecule has 1 N–H and O–H groups in total. The van der Waals surface area contributed by atoms with Gasteiger partial charge in [-0.3, -0.25) is 9.69 Å². The fourth-order valence-corrected chi connectivity index (χ4v) is 5.38. The monoisotopic (exact) mass is 397 g/mol. The van der Waals surface area contributed by atoms with Gasteiger partial charge in [-0.05, 0) is 60.7 Å². The summed E-state index contributed by atoms with van der Waals surface area (Å²) in [7, 11) is 0. The fraction of sp³-hybridized carbons (Fsp3) is 0.435. The SMILES string of the molecule is Cc1ccsc1/C=C1/Oc2c(CN3CC(C)CC(C)C3)c(O)cc(C)c2C1=O. The summed E-state index contributed by atoms with van der Waals surface area (Å²) in [4.78, 5) is 16.4. The number of ether oxygens (including phenoxy) is 1. The Morgan fingerprint density at radius 1 is 1.25 bits per heavy atom. The number of allylic oxidation sites excluding steroid dienone is 1. The Hall–Kier alpha value is -2.11. The molecule has 4 nitrogen and oxygen atoms in total. The number of nitrogens with zero attached hydrogens (tertiary/aromatic N) is 1. The van der Waals surface area contributed by atoms with Crippen LogP contribution in [0, 0.1) is 25.7 Å². The predicted molar refractivity (Wildman–Crippen MR) is 113 cm³/mol. The van der Waals surface area contributed by atoms with Crippen LogP contribution >= 0.6 is 11.3 Å². The summed E-state index contributed by atoms with van der Waals surface area (Å²) in [6.45, 7) is 11.0. The first-order chi connectivity index (χ1) is 13.3. The van der Waals surface area contributed by atoms with E-state index in [4.69, 9.17) is 4.74 Å². The molecule has 0 aliphatic carbocycles. The van der Waals surface area contributed by atoms with Crippen molar-refractivity contribution in [1.82, 2.24) is 4.90 Å². The molecule has 3 heterocycles. The van der Waals surface area contributed by atoms with Gasteiger partial charge in [-0.2, -0.15) is 0 Å². The molecule has 2 aliphatic rings. The van der Waals surface area contributed by atoms with Gasteiger partial charge in [0.2, 0.25) is 5.78 Å². The maximum atomic E-state index is 13.0. The zero-order chi connectivity index (χ0) is 20.0. The third-order valence-corrected chi connectivity index (χ3v) is 6.68. The molecule has 2 aliphatic heterocycles. The molecule has 0 amide bonds. The Morgan fingerprint density at radius 3 is 2.61 bits per heavy atom. The number of hydrogen-bond donors (Lipinski definition) is 1. The number of ketones is 1. The minimum atomic E-state index is -0.0954. The largest absolute Gasteiger partial charge is 0.507 e. The van der Waals surface area contributed by atoms with Crippen molar-refractivity contribution in [3.8, 4) is 11.5 Å². The van der Waals surface area contributed by atoms with Crippen LogP contribution in [-0.2, 0) is 6.54 Å². The van der Waals surface area contributed by atoms with Crippen LogP contribution in [0.5, 0.6) is 11.5 Å². The molecule has 0 bridgehead atoms. The number of likely N-dealkylation sites (tertiary alicyclic amines) is 1. The lowest BCUT2D eigenvalue weighted by atomic mass is 9.91. The van der Waals surface area contributed by atoms with E-state index in [-0.39, 0.29) is 11.5 Å². The molecule has 28 heavy (non-hydrogen) atoms. The number of aryl methyl sites for hydroxylation is 2. The van der Waals surface area contributed by atoms with E-state index in [1.807, 2.05) is 31.4 Å². The Kier molecular flexibility index (Phi) is 5.06. The van der Waals surface area contributed by atoms with E-state index in [1.54, 1.807) is 17.4 Å². The van der Waals surface area contributed by atoms with Gasteiger partial charge in [0.15, 0.2) is 5.76 Å². The summed E-state index contributed by atoms with van der Waals surface area (Å²) in [6, 6.07) is 3.73. The van der Waals surface area contributed by atoms with Crippen molar-refractivity contribution < 1.29 is 14.6 Å². The number of carbonyl (C=O) groups excluding carboxylic acids is 1. The molecule has 0 saturated carbocycles. The Balaban J connectivity index is 1.70. The van der Waals surface area contributed by atoms with E-state index in [2.05, 4.69) is 18.7 Å². The first kappa shape index (κ1) is 19.2. The Bertz CT molecular complexity index is 949. The number of phenols is 1. The normalized spacial score (nSPS) is 23.9. The lowest BCUT2D eigenvalue weighted by Gasteiger charge is -2.35. The van der Waals surface area contributed by atoms with Gasteiger partial charge < -0.3 is 9.84 Å². The predicted octanol–water partition coefficient (Wildman–Crippen LogP) is 5.16. The Labute approximate surface area is 170 Å². The number of Topliss-reactive ketones (excluding diaryl/α,β-unsaturated/α-hetero) is 1. The number of aromatic hydroxyl groups is 1. The highest BCUT2D eigenvalue weighted by atomic mass is 32.1. The average Bonchev–Trinajstić information content (AvgIpc) is 3.15. The van der Waals surface area contributed by atoms with Gasteiger partial charge in [-0.25, -0.2) is 0 Å². The molecule has 2 atom stereocenters. The van der Waals surface area contributed by atoms with Gasteiger partial charge in [0.1, 0.15) is 11.5 Å². The van der Waals surface area contributed by atoms with Crippen molar-refractivity contribution in [1.29, 1.82) is 0 Å². The quantitative estimate of drug-likeness (QED) is 0.727. The van der Waals surface area contributed by atoms with Crippen LogP contribution in [0.15, 0.2) is 23.3 Å². The minimum Gasteiger partial charge on any atom is -0.507 e. The van der Waals surface area contributed by atoms with Crippen LogP contribution in [0.25, 0.3) is 6.08 Å². The second-order valence-corrected chi connectivity index (χ2v) is 9.39. The topological polar surface area (TPSA) is 49.8 Å². The minimum absolute atomic E-state index is 0.0954. The molecule has 1 aromatic carbocycles. The van der Waals surface area contributed by atoms with Crippen molar-refractivity contribution in [2.24, 2.45) is 11.8 Å². The molecular formula is C23H27NO3S. The van der Waals surface area contributed by atoms with Crippen molar-refractivity contribution in [3.63, 3.8) is 0 Å². The van der Waals surface area contributed by atoms with E-state index in [0.29, 0.717) is 35.5 Å². The van der Waals surface area contributed by atoms with Gasteiger partial charge in [0.05, 0.1) is 11.1 Å². The molecule has 2 unspecified atom stereocenters. The van der Waals surface area contributed by atoms with Gasteiger partial charge in [0, 0.05) is 30.6 Å². The van der Waals surface area contributed by atoms with E-state index in [0.717, 1.165) is 34.7 Å². The molecular weight excluding hydrogens is 370 g/mol. The number of thiophene rings is 1. The first-order valence-corrected chi connectivity index (χ1v) is 10.8. The van der Waals surface area contributed by atoms with E-state index in [1.165, 1.54) is 6.42 Å². The number of hydrogen-bond acceptors (Lipinski definition) is 5. The van der Waals surface area contributed by atoms with Crippen LogP contribution in [-0.4, -0.2) is 28.9 Å². The lowest BCUT2D eigenvalue weighted by Crippen LogP contribution is -2.38.